The number of nitrogens with one attached hydrogen (secondary N) is 1. The van der Waals surface area contributed by atoms with Gasteiger partial charge in [0.25, 0.3) is 0 Å². The highest BCUT2D eigenvalue weighted by Crippen LogP contribution is 2.17. The molecule has 0 aromatic heterocycles. The maximum Gasteiger partial charge on any atom is 0.223 e. The van der Waals surface area contributed by atoms with E-state index in [2.05, 4.69) is 28.2 Å². The van der Waals surface area contributed by atoms with Gasteiger partial charge in [-0.25, -0.2) is 0 Å². The lowest BCUT2D eigenvalue weighted by Gasteiger charge is -2.17. The van der Waals surface area contributed by atoms with E-state index in [4.69, 9.17) is 0 Å². The number of carbonyl (C=O) groups excluding carboxylic acids is 1. The lowest BCUT2D eigenvalue weighted by molar-refractivity contribution is -0.125. The third-order valence-electron chi connectivity index (χ3n) is 2.90. The van der Waals surface area contributed by atoms with Crippen molar-refractivity contribution < 1.29 is 4.79 Å². The van der Waals surface area contributed by atoms with Gasteiger partial charge in [-0.05, 0) is 31.0 Å². The van der Waals surface area contributed by atoms with Crippen LogP contribution in [-0.4, -0.2) is 5.91 Å². The van der Waals surface area contributed by atoms with Gasteiger partial charge in [-0.2, -0.15) is 0 Å². The van der Waals surface area contributed by atoms with E-state index in [1.807, 2.05) is 38.1 Å². The molecule has 94 valence electrons. The molecule has 3 heteroatoms. The number of benzene rings is 1. The van der Waals surface area contributed by atoms with Gasteiger partial charge in [-0.1, -0.05) is 48.3 Å². The summed E-state index contributed by atoms with van der Waals surface area (Å²) in [6.07, 6.45) is 1.99. The first-order chi connectivity index (χ1) is 8.04. The molecule has 2 unspecified atom stereocenters. The summed E-state index contributed by atoms with van der Waals surface area (Å²) < 4.78 is 1.05. The van der Waals surface area contributed by atoms with Crippen LogP contribution in [0.5, 0.6) is 0 Å². The number of rotatable bonds is 5. The summed E-state index contributed by atoms with van der Waals surface area (Å²) >= 11 is 3.40. The number of hydrogen-bond donors (Lipinski definition) is 1. The van der Waals surface area contributed by atoms with Crippen LogP contribution in [-0.2, 0) is 4.79 Å². The molecule has 1 aromatic rings. The molecule has 0 aliphatic carbocycles. The summed E-state index contributed by atoms with van der Waals surface area (Å²) in [5.41, 5.74) is 1.13. The third kappa shape index (κ3) is 4.50. The first-order valence-corrected chi connectivity index (χ1v) is 6.89. The van der Waals surface area contributed by atoms with E-state index in [1.165, 1.54) is 0 Å². The Morgan fingerprint density at radius 1 is 1.29 bits per heavy atom. The average molecular weight is 298 g/mol. The summed E-state index contributed by atoms with van der Waals surface area (Å²) in [7, 11) is 0. The fourth-order valence-electron chi connectivity index (χ4n) is 1.75. The number of hydrogen-bond acceptors (Lipinski definition) is 1. The van der Waals surface area contributed by atoms with E-state index in [-0.39, 0.29) is 17.9 Å². The molecule has 17 heavy (non-hydrogen) atoms. The quantitative estimate of drug-likeness (QED) is 0.872. The zero-order chi connectivity index (χ0) is 12.8. The van der Waals surface area contributed by atoms with Gasteiger partial charge in [0.1, 0.15) is 0 Å². The fourth-order valence-corrected chi connectivity index (χ4v) is 2.02. The van der Waals surface area contributed by atoms with Crippen molar-refractivity contribution in [3.8, 4) is 0 Å². The number of carbonyl (C=O) groups is 1. The summed E-state index contributed by atoms with van der Waals surface area (Å²) in [5.74, 6) is 0.236. The SMILES string of the molecule is CCCC(C)C(=O)NC(C)c1ccc(Br)cc1. The second kappa shape index (κ2) is 6.80. The maximum absolute atomic E-state index is 11.9. The van der Waals surface area contributed by atoms with Crippen molar-refractivity contribution in [3.05, 3.63) is 34.3 Å². The summed E-state index contributed by atoms with van der Waals surface area (Å²) in [6, 6.07) is 8.11. The minimum Gasteiger partial charge on any atom is -0.349 e. The number of halogens is 1. The van der Waals surface area contributed by atoms with E-state index in [0.29, 0.717) is 0 Å². The van der Waals surface area contributed by atoms with E-state index in [0.717, 1.165) is 22.9 Å². The summed E-state index contributed by atoms with van der Waals surface area (Å²) in [5, 5.41) is 3.05. The molecule has 0 aliphatic rings. The molecule has 1 N–H and O–H groups in total. The van der Waals surface area contributed by atoms with Gasteiger partial charge < -0.3 is 5.32 Å². The van der Waals surface area contributed by atoms with Crippen molar-refractivity contribution in [3.63, 3.8) is 0 Å². The van der Waals surface area contributed by atoms with Crippen LogP contribution in [0.4, 0.5) is 0 Å². The Kier molecular flexibility index (Phi) is 5.69. The highest BCUT2D eigenvalue weighted by molar-refractivity contribution is 9.10. The highest BCUT2D eigenvalue weighted by Gasteiger charge is 2.15. The van der Waals surface area contributed by atoms with Gasteiger partial charge in [0.2, 0.25) is 5.91 Å². The van der Waals surface area contributed by atoms with Gasteiger partial charge in [0, 0.05) is 10.4 Å². The molecular formula is C14H20BrNO. The lowest BCUT2D eigenvalue weighted by Crippen LogP contribution is -2.31. The zero-order valence-electron chi connectivity index (χ0n) is 10.7. The van der Waals surface area contributed by atoms with Crippen LogP contribution < -0.4 is 5.32 Å². The van der Waals surface area contributed by atoms with Gasteiger partial charge in [0.15, 0.2) is 0 Å². The van der Waals surface area contributed by atoms with Crippen LogP contribution in [0.1, 0.15) is 45.2 Å². The van der Waals surface area contributed by atoms with Crippen LogP contribution in [0.2, 0.25) is 0 Å². The van der Waals surface area contributed by atoms with Crippen LogP contribution in [0.3, 0.4) is 0 Å². The fraction of sp³-hybridized carbons (Fsp3) is 0.500. The molecule has 1 aromatic carbocycles. The van der Waals surface area contributed by atoms with Gasteiger partial charge in [-0.3, -0.25) is 4.79 Å². The maximum atomic E-state index is 11.9. The minimum atomic E-state index is 0.0647. The van der Waals surface area contributed by atoms with Crippen LogP contribution in [0.15, 0.2) is 28.7 Å². The molecule has 2 atom stereocenters. The second-order valence-electron chi connectivity index (χ2n) is 4.47. The molecule has 0 radical (unpaired) electrons. The van der Waals surface area contributed by atoms with Crippen LogP contribution in [0, 0.1) is 5.92 Å². The van der Waals surface area contributed by atoms with E-state index in [1.54, 1.807) is 0 Å². The Balaban J connectivity index is 2.57. The Morgan fingerprint density at radius 2 is 1.88 bits per heavy atom. The molecule has 0 saturated carbocycles. The van der Waals surface area contributed by atoms with Crippen molar-refractivity contribution in [2.24, 2.45) is 5.92 Å². The van der Waals surface area contributed by atoms with Crippen molar-refractivity contribution in [1.82, 2.24) is 5.32 Å². The highest BCUT2D eigenvalue weighted by atomic mass is 79.9. The lowest BCUT2D eigenvalue weighted by atomic mass is 10.0. The van der Waals surface area contributed by atoms with E-state index < -0.39 is 0 Å². The minimum absolute atomic E-state index is 0.0647. The molecule has 0 spiro atoms. The Labute approximate surface area is 112 Å². The van der Waals surface area contributed by atoms with Crippen molar-refractivity contribution in [2.45, 2.75) is 39.7 Å². The summed E-state index contributed by atoms with van der Waals surface area (Å²) in [6.45, 7) is 6.09. The molecule has 1 amide bonds. The standard InChI is InChI=1S/C14H20BrNO/c1-4-5-10(2)14(17)16-11(3)12-6-8-13(15)9-7-12/h6-11H,4-5H2,1-3H3,(H,16,17). The molecule has 0 heterocycles. The first-order valence-electron chi connectivity index (χ1n) is 6.10. The first kappa shape index (κ1) is 14.2. The van der Waals surface area contributed by atoms with Crippen LogP contribution >= 0.6 is 15.9 Å². The second-order valence-corrected chi connectivity index (χ2v) is 5.39. The topological polar surface area (TPSA) is 29.1 Å². The van der Waals surface area contributed by atoms with Crippen molar-refractivity contribution >= 4 is 21.8 Å². The smallest absolute Gasteiger partial charge is 0.223 e. The van der Waals surface area contributed by atoms with Gasteiger partial charge in [0.05, 0.1) is 6.04 Å². The third-order valence-corrected chi connectivity index (χ3v) is 3.43. The van der Waals surface area contributed by atoms with E-state index in [9.17, 15) is 4.79 Å². The molecule has 0 aliphatic heterocycles. The average Bonchev–Trinajstić information content (AvgIpc) is 2.30. The Morgan fingerprint density at radius 3 is 2.41 bits per heavy atom. The summed E-state index contributed by atoms with van der Waals surface area (Å²) in [4.78, 5) is 11.9. The molecule has 2 nitrogen and oxygen atoms in total. The molecule has 1 rings (SSSR count). The Bertz CT molecular complexity index is 361. The molecule has 0 fully saturated rings. The van der Waals surface area contributed by atoms with E-state index >= 15 is 0 Å². The van der Waals surface area contributed by atoms with Gasteiger partial charge >= 0.3 is 0 Å². The molecular weight excluding hydrogens is 278 g/mol. The predicted molar refractivity (Wildman–Crippen MR) is 74.8 cm³/mol. The monoisotopic (exact) mass is 297 g/mol. The van der Waals surface area contributed by atoms with Crippen molar-refractivity contribution in [2.75, 3.05) is 0 Å². The van der Waals surface area contributed by atoms with Gasteiger partial charge in [-0.15, -0.1) is 0 Å². The number of amides is 1. The molecule has 0 saturated heterocycles. The largest absolute Gasteiger partial charge is 0.349 e. The zero-order valence-corrected chi connectivity index (χ0v) is 12.3. The van der Waals surface area contributed by atoms with Crippen molar-refractivity contribution in [1.29, 1.82) is 0 Å². The predicted octanol–water partition coefficient (Wildman–Crippen LogP) is 4.06. The molecule has 0 bridgehead atoms. The Hall–Kier alpha value is -0.830. The van der Waals surface area contributed by atoms with Crippen LogP contribution in [0.25, 0.3) is 0 Å². The normalized spacial score (nSPS) is 14.1.